The van der Waals surface area contributed by atoms with Gasteiger partial charge in [-0.2, -0.15) is 0 Å². The highest BCUT2D eigenvalue weighted by Crippen LogP contribution is 2.21. The average Bonchev–Trinajstić information content (AvgIpc) is 2.74. The number of para-hydroxylation sites is 1. The second-order valence-corrected chi connectivity index (χ2v) is 8.11. The fraction of sp³-hybridized carbons (Fsp3) is 0.136. The van der Waals surface area contributed by atoms with Crippen molar-refractivity contribution >= 4 is 27.3 Å². The molecule has 0 heterocycles. The molecule has 30 heavy (non-hydrogen) atoms. The van der Waals surface area contributed by atoms with Gasteiger partial charge in [0.1, 0.15) is 11.5 Å². The first-order valence-corrected chi connectivity index (χ1v) is 10.7. The van der Waals surface area contributed by atoms with E-state index in [-0.39, 0.29) is 10.8 Å². The molecule has 3 aromatic rings. The molecule has 0 saturated carbocycles. The summed E-state index contributed by atoms with van der Waals surface area (Å²) in [4.78, 5) is 12.5. The van der Waals surface area contributed by atoms with Crippen LogP contribution in [0.1, 0.15) is 6.92 Å². The van der Waals surface area contributed by atoms with Gasteiger partial charge in [0, 0.05) is 17.4 Å². The van der Waals surface area contributed by atoms with Crippen LogP contribution in [0.3, 0.4) is 0 Å². The van der Waals surface area contributed by atoms with Gasteiger partial charge in [0.05, 0.1) is 12.0 Å². The van der Waals surface area contributed by atoms with E-state index in [1.807, 2.05) is 0 Å². The van der Waals surface area contributed by atoms with E-state index >= 15 is 0 Å². The van der Waals surface area contributed by atoms with E-state index in [1.165, 1.54) is 24.3 Å². The summed E-state index contributed by atoms with van der Waals surface area (Å²) < 4.78 is 38.2. The van der Waals surface area contributed by atoms with Crippen LogP contribution in [-0.4, -0.2) is 27.5 Å². The van der Waals surface area contributed by atoms with E-state index < -0.39 is 16.1 Å². The average molecular weight is 426 g/mol. The molecular weight excluding hydrogens is 404 g/mol. The van der Waals surface area contributed by atoms with Crippen LogP contribution >= 0.6 is 0 Å². The minimum Gasteiger partial charge on any atom is -0.497 e. The topological polar surface area (TPSA) is 93.7 Å². The third kappa shape index (κ3) is 5.51. The molecule has 3 rings (SSSR count). The van der Waals surface area contributed by atoms with Gasteiger partial charge < -0.3 is 14.8 Å². The van der Waals surface area contributed by atoms with Gasteiger partial charge in [0.2, 0.25) is 0 Å². The molecule has 0 saturated heterocycles. The number of methoxy groups -OCH3 is 1. The number of hydrogen-bond donors (Lipinski definition) is 2. The number of sulfonamides is 1. The van der Waals surface area contributed by atoms with E-state index in [2.05, 4.69) is 10.0 Å². The lowest BCUT2D eigenvalue weighted by Gasteiger charge is -2.15. The van der Waals surface area contributed by atoms with Crippen molar-refractivity contribution in [1.82, 2.24) is 0 Å². The maximum Gasteiger partial charge on any atom is 0.265 e. The third-order valence-corrected chi connectivity index (χ3v) is 5.58. The third-order valence-electron chi connectivity index (χ3n) is 4.18. The molecule has 0 aliphatic rings. The molecule has 0 unspecified atom stereocenters. The number of amides is 1. The van der Waals surface area contributed by atoms with Gasteiger partial charge in [-0.3, -0.25) is 9.52 Å². The van der Waals surface area contributed by atoms with Gasteiger partial charge in [-0.25, -0.2) is 8.42 Å². The molecular formula is C22H22N2O5S. The molecule has 1 atom stereocenters. The van der Waals surface area contributed by atoms with Crippen LogP contribution < -0.4 is 19.5 Å². The van der Waals surface area contributed by atoms with Crippen molar-refractivity contribution in [3.63, 3.8) is 0 Å². The molecule has 2 N–H and O–H groups in total. The number of hydrogen-bond acceptors (Lipinski definition) is 5. The normalized spacial score (nSPS) is 11.9. The van der Waals surface area contributed by atoms with Crippen LogP contribution in [0.2, 0.25) is 0 Å². The van der Waals surface area contributed by atoms with Crippen molar-refractivity contribution in [2.75, 3.05) is 17.1 Å². The predicted octanol–water partition coefficient (Wildman–Crippen LogP) is 3.90. The van der Waals surface area contributed by atoms with Crippen LogP contribution in [-0.2, 0) is 14.8 Å². The number of anilines is 2. The quantitative estimate of drug-likeness (QED) is 0.570. The Labute approximate surface area is 175 Å². The van der Waals surface area contributed by atoms with Crippen molar-refractivity contribution in [3.8, 4) is 11.5 Å². The Bertz CT molecular complexity index is 1100. The van der Waals surface area contributed by atoms with E-state index in [1.54, 1.807) is 68.6 Å². The molecule has 3 aromatic carbocycles. The minimum absolute atomic E-state index is 0.0880. The summed E-state index contributed by atoms with van der Waals surface area (Å²) >= 11 is 0. The van der Waals surface area contributed by atoms with E-state index in [0.29, 0.717) is 22.9 Å². The van der Waals surface area contributed by atoms with E-state index in [9.17, 15) is 13.2 Å². The van der Waals surface area contributed by atoms with Crippen molar-refractivity contribution < 1.29 is 22.7 Å². The second kappa shape index (κ2) is 9.32. The van der Waals surface area contributed by atoms with Gasteiger partial charge in [0.25, 0.3) is 15.9 Å². The summed E-state index contributed by atoms with van der Waals surface area (Å²) in [5.74, 6) is 0.766. The maximum absolute atomic E-state index is 12.5. The van der Waals surface area contributed by atoms with Crippen LogP contribution in [0.5, 0.6) is 11.5 Å². The van der Waals surface area contributed by atoms with Crippen molar-refractivity contribution in [2.24, 2.45) is 0 Å². The smallest absolute Gasteiger partial charge is 0.265 e. The zero-order chi connectivity index (χ0) is 21.6. The molecule has 156 valence electrons. The molecule has 0 aromatic heterocycles. The monoisotopic (exact) mass is 426 g/mol. The van der Waals surface area contributed by atoms with Crippen molar-refractivity contribution in [1.29, 1.82) is 0 Å². The Kier molecular flexibility index (Phi) is 6.58. The first kappa shape index (κ1) is 21.2. The number of ether oxygens (including phenoxy) is 2. The first-order chi connectivity index (χ1) is 14.4. The number of benzene rings is 3. The predicted molar refractivity (Wildman–Crippen MR) is 115 cm³/mol. The van der Waals surface area contributed by atoms with Crippen molar-refractivity contribution in [2.45, 2.75) is 17.9 Å². The highest BCUT2D eigenvalue weighted by Gasteiger charge is 2.17. The van der Waals surface area contributed by atoms with Gasteiger partial charge in [-0.1, -0.05) is 24.3 Å². The number of nitrogens with one attached hydrogen (secondary N) is 2. The summed E-state index contributed by atoms with van der Waals surface area (Å²) in [5, 5.41) is 2.71. The Balaban J connectivity index is 1.62. The van der Waals surface area contributed by atoms with E-state index in [4.69, 9.17) is 9.47 Å². The summed E-state index contributed by atoms with van der Waals surface area (Å²) in [7, 11) is -2.17. The molecule has 7 nitrogen and oxygen atoms in total. The largest absolute Gasteiger partial charge is 0.497 e. The van der Waals surface area contributed by atoms with Crippen molar-refractivity contribution in [3.05, 3.63) is 78.9 Å². The Morgan fingerprint density at radius 1 is 0.867 bits per heavy atom. The molecule has 0 bridgehead atoms. The van der Waals surface area contributed by atoms with Gasteiger partial charge in [-0.15, -0.1) is 0 Å². The van der Waals surface area contributed by atoms with Crippen LogP contribution in [0.4, 0.5) is 11.4 Å². The lowest BCUT2D eigenvalue weighted by molar-refractivity contribution is -0.122. The molecule has 1 amide bonds. The number of rotatable bonds is 8. The fourth-order valence-corrected chi connectivity index (χ4v) is 3.67. The Hall–Kier alpha value is -3.52. The summed E-state index contributed by atoms with van der Waals surface area (Å²) in [6.07, 6.45) is -0.764. The lowest BCUT2D eigenvalue weighted by Crippen LogP contribution is -2.30. The zero-order valence-electron chi connectivity index (χ0n) is 16.5. The summed E-state index contributed by atoms with van der Waals surface area (Å²) in [5.41, 5.74) is 0.929. The molecule has 0 fully saturated rings. The van der Waals surface area contributed by atoms with Crippen LogP contribution in [0.25, 0.3) is 0 Å². The number of carbonyl (C=O) groups excluding carboxylic acids is 1. The summed E-state index contributed by atoms with van der Waals surface area (Å²) in [6.45, 7) is 1.62. The Morgan fingerprint density at radius 2 is 1.53 bits per heavy atom. The molecule has 8 heteroatoms. The summed E-state index contributed by atoms with van der Waals surface area (Å²) in [6, 6.07) is 21.5. The van der Waals surface area contributed by atoms with E-state index in [0.717, 1.165) is 0 Å². The first-order valence-electron chi connectivity index (χ1n) is 9.17. The van der Waals surface area contributed by atoms with Gasteiger partial charge in [-0.05, 0) is 55.5 Å². The highest BCUT2D eigenvalue weighted by atomic mass is 32.2. The SMILES string of the molecule is COc1cccc(O[C@H](C)C(=O)Nc2ccc(S(=O)(=O)Nc3ccccc3)cc2)c1. The molecule has 0 spiro atoms. The number of carbonyl (C=O) groups is 1. The van der Waals surface area contributed by atoms with Crippen LogP contribution in [0, 0.1) is 0 Å². The highest BCUT2D eigenvalue weighted by molar-refractivity contribution is 7.92. The van der Waals surface area contributed by atoms with Gasteiger partial charge >= 0.3 is 0 Å². The minimum atomic E-state index is -3.72. The standard InChI is InChI=1S/C22H22N2O5S/c1-16(29-20-10-6-9-19(15-20)28-2)22(25)23-17-11-13-21(14-12-17)30(26,27)24-18-7-4-3-5-8-18/h3-16,24H,1-2H3,(H,23,25)/t16-/m1/s1. The lowest BCUT2D eigenvalue weighted by atomic mass is 10.3. The maximum atomic E-state index is 12.5. The fourth-order valence-electron chi connectivity index (χ4n) is 2.61. The molecule has 0 aliphatic carbocycles. The van der Waals surface area contributed by atoms with Gasteiger partial charge in [0.15, 0.2) is 6.10 Å². The Morgan fingerprint density at radius 3 is 2.20 bits per heavy atom. The van der Waals surface area contributed by atoms with Crippen LogP contribution in [0.15, 0.2) is 83.8 Å². The molecule has 0 aliphatic heterocycles. The zero-order valence-corrected chi connectivity index (χ0v) is 17.3. The molecule has 0 radical (unpaired) electrons. The second-order valence-electron chi connectivity index (χ2n) is 6.42.